The molecule has 0 spiro atoms. The van der Waals surface area contributed by atoms with E-state index in [4.69, 9.17) is 0 Å². The zero-order chi connectivity index (χ0) is 24.6. The summed E-state index contributed by atoms with van der Waals surface area (Å²) in [5.74, 6) is 0.819. The average molecular weight is 470 g/mol. The van der Waals surface area contributed by atoms with Crippen LogP contribution in [0.4, 0.5) is 23.7 Å². The zero-order valence-corrected chi connectivity index (χ0v) is 20.4. The molecule has 0 aliphatic carbocycles. The predicted octanol–water partition coefficient (Wildman–Crippen LogP) is 5.21. The molecule has 186 valence electrons. The SMILES string of the molecule is CCC(C)N=C(CC(C)C)NC(=O)Nc1ccc(CN2CCN(CC)CC2)c(C(F)(F)F)c1. The van der Waals surface area contributed by atoms with Gasteiger partial charge in [0.15, 0.2) is 0 Å². The number of benzene rings is 1. The van der Waals surface area contributed by atoms with Gasteiger partial charge in [-0.3, -0.25) is 15.2 Å². The average Bonchev–Trinajstić information content (AvgIpc) is 2.73. The summed E-state index contributed by atoms with van der Waals surface area (Å²) in [7, 11) is 0. The van der Waals surface area contributed by atoms with Crippen molar-refractivity contribution in [3.8, 4) is 0 Å². The number of nitrogens with zero attached hydrogens (tertiary/aromatic N) is 3. The number of rotatable bonds is 8. The van der Waals surface area contributed by atoms with Crippen molar-refractivity contribution in [2.24, 2.45) is 10.9 Å². The van der Waals surface area contributed by atoms with Gasteiger partial charge in [0.2, 0.25) is 0 Å². The minimum Gasteiger partial charge on any atom is -0.308 e. The fraction of sp³-hybridized carbons (Fsp3) is 0.667. The molecule has 1 unspecified atom stereocenters. The van der Waals surface area contributed by atoms with Crippen molar-refractivity contribution in [1.82, 2.24) is 15.1 Å². The molecule has 2 rings (SSSR count). The maximum absolute atomic E-state index is 13.8. The number of likely N-dealkylation sites (N-methyl/N-ethyl adjacent to an activating group) is 1. The van der Waals surface area contributed by atoms with Crippen molar-refractivity contribution in [2.75, 3.05) is 38.0 Å². The number of amides is 2. The second-order valence-corrected chi connectivity index (χ2v) is 9.09. The second kappa shape index (κ2) is 12.4. The minimum absolute atomic E-state index is 0.0503. The highest BCUT2D eigenvalue weighted by molar-refractivity contribution is 6.03. The highest BCUT2D eigenvalue weighted by Crippen LogP contribution is 2.34. The van der Waals surface area contributed by atoms with E-state index in [2.05, 4.69) is 27.4 Å². The van der Waals surface area contributed by atoms with Crippen LogP contribution in [-0.4, -0.2) is 60.4 Å². The number of aliphatic imine (C=N–C) groups is 1. The molecular formula is C24H38F3N5O. The highest BCUT2D eigenvalue weighted by Gasteiger charge is 2.34. The maximum atomic E-state index is 13.8. The molecule has 1 fully saturated rings. The van der Waals surface area contributed by atoms with Crippen LogP contribution in [0, 0.1) is 5.92 Å². The van der Waals surface area contributed by atoms with Gasteiger partial charge in [-0.1, -0.05) is 33.8 Å². The van der Waals surface area contributed by atoms with E-state index in [-0.39, 0.29) is 29.8 Å². The first-order valence-electron chi connectivity index (χ1n) is 11.8. The normalized spacial score (nSPS) is 17.3. The number of anilines is 1. The van der Waals surface area contributed by atoms with Crippen LogP contribution in [0.2, 0.25) is 0 Å². The first-order chi connectivity index (χ1) is 15.5. The summed E-state index contributed by atoms with van der Waals surface area (Å²) in [6, 6.07) is 3.47. The summed E-state index contributed by atoms with van der Waals surface area (Å²) < 4.78 is 41.4. The van der Waals surface area contributed by atoms with Crippen LogP contribution < -0.4 is 10.6 Å². The van der Waals surface area contributed by atoms with Crippen LogP contribution in [0.25, 0.3) is 0 Å². The Balaban J connectivity index is 2.12. The third-order valence-electron chi connectivity index (χ3n) is 5.81. The smallest absolute Gasteiger partial charge is 0.308 e. The third kappa shape index (κ3) is 8.97. The number of halogens is 3. The molecule has 6 nitrogen and oxygen atoms in total. The Morgan fingerprint density at radius 3 is 2.27 bits per heavy atom. The van der Waals surface area contributed by atoms with Crippen LogP contribution in [0.15, 0.2) is 23.2 Å². The van der Waals surface area contributed by atoms with Crippen LogP contribution >= 0.6 is 0 Å². The lowest BCUT2D eigenvalue weighted by atomic mass is 10.0. The number of urea groups is 1. The summed E-state index contributed by atoms with van der Waals surface area (Å²) in [6.45, 7) is 14.4. The Bertz CT molecular complexity index is 802. The van der Waals surface area contributed by atoms with Gasteiger partial charge in [-0.15, -0.1) is 0 Å². The monoisotopic (exact) mass is 469 g/mol. The van der Waals surface area contributed by atoms with Gasteiger partial charge in [0.25, 0.3) is 0 Å². The third-order valence-corrected chi connectivity index (χ3v) is 5.81. The fourth-order valence-electron chi connectivity index (χ4n) is 3.73. The van der Waals surface area contributed by atoms with Crippen molar-refractivity contribution in [2.45, 2.75) is 66.2 Å². The summed E-state index contributed by atoms with van der Waals surface area (Å²) in [4.78, 5) is 21.3. The van der Waals surface area contributed by atoms with E-state index >= 15 is 0 Å². The van der Waals surface area contributed by atoms with Crippen molar-refractivity contribution in [3.05, 3.63) is 29.3 Å². The maximum Gasteiger partial charge on any atom is 0.416 e. The van der Waals surface area contributed by atoms with E-state index in [1.807, 2.05) is 32.6 Å². The van der Waals surface area contributed by atoms with Crippen LogP contribution in [0.5, 0.6) is 0 Å². The van der Waals surface area contributed by atoms with Crippen molar-refractivity contribution in [3.63, 3.8) is 0 Å². The number of amidine groups is 1. The van der Waals surface area contributed by atoms with Gasteiger partial charge in [0, 0.05) is 50.9 Å². The second-order valence-electron chi connectivity index (χ2n) is 9.09. The molecule has 33 heavy (non-hydrogen) atoms. The number of carbonyl (C=O) groups is 1. The molecule has 1 aliphatic rings. The van der Waals surface area contributed by atoms with Gasteiger partial charge in [0.05, 0.1) is 5.56 Å². The summed E-state index contributed by atoms with van der Waals surface area (Å²) in [6.07, 6.45) is -3.10. The van der Waals surface area contributed by atoms with Gasteiger partial charge >= 0.3 is 12.2 Å². The number of nitrogens with one attached hydrogen (secondary N) is 2. The molecule has 9 heteroatoms. The number of alkyl halides is 3. The first-order valence-corrected chi connectivity index (χ1v) is 11.8. The molecule has 0 aromatic heterocycles. The molecule has 0 radical (unpaired) electrons. The Hall–Kier alpha value is -2.13. The highest BCUT2D eigenvalue weighted by atomic mass is 19.4. The lowest BCUT2D eigenvalue weighted by Crippen LogP contribution is -2.45. The topological polar surface area (TPSA) is 60.0 Å². The fourth-order valence-corrected chi connectivity index (χ4v) is 3.73. The van der Waals surface area contributed by atoms with Gasteiger partial charge in [-0.2, -0.15) is 13.2 Å². The molecule has 2 N–H and O–H groups in total. The number of carbonyl (C=O) groups excluding carboxylic acids is 1. The van der Waals surface area contributed by atoms with Gasteiger partial charge < -0.3 is 10.2 Å². The molecule has 0 saturated carbocycles. The molecule has 1 heterocycles. The van der Waals surface area contributed by atoms with Crippen LogP contribution in [-0.2, 0) is 12.7 Å². The number of hydrogen-bond donors (Lipinski definition) is 2. The Kier molecular flexibility index (Phi) is 10.2. The predicted molar refractivity (Wildman–Crippen MR) is 128 cm³/mol. The van der Waals surface area contributed by atoms with E-state index < -0.39 is 17.8 Å². The molecule has 1 saturated heterocycles. The first kappa shape index (κ1) is 27.1. The van der Waals surface area contributed by atoms with E-state index in [1.165, 1.54) is 12.1 Å². The standard InChI is InChI=1S/C24H38F3N5O/c1-6-18(5)28-22(14-17(3)4)30-23(33)29-20-9-8-19(21(15-20)24(25,26)27)16-32-12-10-31(7-2)11-13-32/h8-9,15,17-18H,6-7,10-14,16H2,1-5H3,(H2,28,29,30,33). The molecule has 1 aliphatic heterocycles. The van der Waals surface area contributed by atoms with Gasteiger partial charge in [-0.05, 0) is 43.5 Å². The molecule has 0 bridgehead atoms. The lowest BCUT2D eigenvalue weighted by molar-refractivity contribution is -0.138. The van der Waals surface area contributed by atoms with Gasteiger partial charge in [0.1, 0.15) is 5.84 Å². The zero-order valence-electron chi connectivity index (χ0n) is 20.4. The molecule has 2 amide bonds. The van der Waals surface area contributed by atoms with Crippen molar-refractivity contribution < 1.29 is 18.0 Å². The lowest BCUT2D eigenvalue weighted by Gasteiger charge is -2.34. The van der Waals surface area contributed by atoms with Crippen molar-refractivity contribution >= 4 is 17.6 Å². The number of hydrogen-bond acceptors (Lipinski definition) is 4. The van der Waals surface area contributed by atoms with E-state index in [0.717, 1.165) is 45.2 Å². The van der Waals surface area contributed by atoms with Crippen LogP contribution in [0.3, 0.4) is 0 Å². The Morgan fingerprint density at radius 1 is 1.09 bits per heavy atom. The Morgan fingerprint density at radius 2 is 1.73 bits per heavy atom. The Labute approximate surface area is 195 Å². The van der Waals surface area contributed by atoms with E-state index in [1.54, 1.807) is 0 Å². The molecule has 1 aromatic rings. The van der Waals surface area contributed by atoms with Gasteiger partial charge in [-0.25, -0.2) is 4.79 Å². The molecule has 1 aromatic carbocycles. The number of piperazine rings is 1. The molecular weight excluding hydrogens is 431 g/mol. The van der Waals surface area contributed by atoms with Crippen molar-refractivity contribution in [1.29, 1.82) is 0 Å². The quantitative estimate of drug-likeness (QED) is 0.406. The molecule has 1 atom stereocenters. The van der Waals surface area contributed by atoms with Crippen LogP contribution in [0.1, 0.15) is 58.6 Å². The largest absolute Gasteiger partial charge is 0.416 e. The summed E-state index contributed by atoms with van der Waals surface area (Å²) >= 11 is 0. The van der Waals surface area contributed by atoms with E-state index in [9.17, 15) is 18.0 Å². The minimum atomic E-state index is -4.50. The summed E-state index contributed by atoms with van der Waals surface area (Å²) in [5.41, 5.74) is -0.391. The summed E-state index contributed by atoms with van der Waals surface area (Å²) in [5, 5.41) is 5.26. The van der Waals surface area contributed by atoms with E-state index in [0.29, 0.717) is 12.3 Å².